The van der Waals surface area contributed by atoms with Crippen molar-refractivity contribution in [2.24, 2.45) is 0 Å². The Morgan fingerprint density at radius 3 is 2.44 bits per heavy atom. The minimum absolute atomic E-state index is 0.209. The fourth-order valence-corrected chi connectivity index (χ4v) is 1.93. The quantitative estimate of drug-likeness (QED) is 0.828. The molecule has 16 heavy (non-hydrogen) atoms. The molecule has 1 N–H and O–H groups in total. The molecule has 0 aliphatic heterocycles. The second-order valence-electron chi connectivity index (χ2n) is 4.44. The Kier molecular flexibility index (Phi) is 4.81. The largest absolute Gasteiger partial charge is 0.496 e. The molecule has 2 heteroatoms. The Hall–Kier alpha value is -1.02. The lowest BCUT2D eigenvalue weighted by Gasteiger charge is -2.17. The predicted molar refractivity (Wildman–Crippen MR) is 67.2 cm³/mol. The van der Waals surface area contributed by atoms with Crippen LogP contribution in [0.25, 0.3) is 0 Å². The average Bonchev–Trinajstić information content (AvgIpc) is 2.30. The normalized spacial score (nSPS) is 12.9. The molecular weight excluding hydrogens is 200 g/mol. The van der Waals surface area contributed by atoms with Crippen molar-refractivity contribution < 1.29 is 9.84 Å². The summed E-state index contributed by atoms with van der Waals surface area (Å²) in [4.78, 5) is 0. The average molecular weight is 222 g/mol. The van der Waals surface area contributed by atoms with Gasteiger partial charge in [-0.2, -0.15) is 0 Å². The van der Waals surface area contributed by atoms with Crippen LogP contribution in [0.4, 0.5) is 0 Å². The Morgan fingerprint density at radius 1 is 1.31 bits per heavy atom. The highest BCUT2D eigenvalue weighted by Gasteiger charge is 2.13. The molecule has 1 unspecified atom stereocenters. The van der Waals surface area contributed by atoms with Gasteiger partial charge in [0.2, 0.25) is 0 Å². The van der Waals surface area contributed by atoms with Crippen molar-refractivity contribution in [1.82, 2.24) is 0 Å². The van der Waals surface area contributed by atoms with Gasteiger partial charge in [-0.1, -0.05) is 32.9 Å². The zero-order valence-corrected chi connectivity index (χ0v) is 10.7. The molecule has 0 bridgehead atoms. The van der Waals surface area contributed by atoms with Crippen molar-refractivity contribution in [2.45, 2.75) is 39.0 Å². The van der Waals surface area contributed by atoms with Gasteiger partial charge in [-0.3, -0.25) is 0 Å². The summed E-state index contributed by atoms with van der Waals surface area (Å²) >= 11 is 0. The minimum Gasteiger partial charge on any atom is -0.496 e. The van der Waals surface area contributed by atoms with Gasteiger partial charge in [-0.25, -0.2) is 0 Å². The van der Waals surface area contributed by atoms with Gasteiger partial charge < -0.3 is 9.84 Å². The van der Waals surface area contributed by atoms with Gasteiger partial charge in [0.15, 0.2) is 0 Å². The first kappa shape index (κ1) is 13.0. The van der Waals surface area contributed by atoms with Crippen LogP contribution in [0, 0.1) is 0 Å². The highest BCUT2D eigenvalue weighted by molar-refractivity contribution is 5.40. The molecule has 1 atom stereocenters. The molecular formula is C14H22O2. The summed E-state index contributed by atoms with van der Waals surface area (Å²) in [5.74, 6) is 1.61. The molecule has 0 amide bonds. The lowest BCUT2D eigenvalue weighted by Crippen LogP contribution is -2.04. The van der Waals surface area contributed by atoms with E-state index >= 15 is 0 Å². The number of methoxy groups -OCH3 is 1. The van der Waals surface area contributed by atoms with Crippen LogP contribution < -0.4 is 4.74 Å². The summed E-state index contributed by atoms with van der Waals surface area (Å²) < 4.78 is 5.35. The minimum atomic E-state index is 0.209. The first-order valence-corrected chi connectivity index (χ1v) is 5.92. The molecule has 1 rings (SSSR count). The van der Waals surface area contributed by atoms with E-state index in [1.807, 2.05) is 6.07 Å². The predicted octanol–water partition coefficient (Wildman–Crippen LogP) is 3.30. The molecule has 0 fully saturated rings. The second kappa shape index (κ2) is 5.90. The standard InChI is InChI=1S/C14H22O2/c1-5-11(9-15)12-6-7-14(16-4)13(8-12)10(2)3/h6-8,10-11,15H,5,9H2,1-4H3. The van der Waals surface area contributed by atoms with E-state index < -0.39 is 0 Å². The van der Waals surface area contributed by atoms with Crippen molar-refractivity contribution in [3.05, 3.63) is 29.3 Å². The molecule has 0 saturated carbocycles. The van der Waals surface area contributed by atoms with E-state index in [0.29, 0.717) is 5.92 Å². The van der Waals surface area contributed by atoms with Gasteiger partial charge in [0, 0.05) is 12.5 Å². The summed E-state index contributed by atoms with van der Waals surface area (Å²) in [5.41, 5.74) is 2.42. The molecule has 1 aromatic carbocycles. The first-order valence-electron chi connectivity index (χ1n) is 5.92. The number of aliphatic hydroxyl groups is 1. The lowest BCUT2D eigenvalue weighted by molar-refractivity contribution is 0.262. The van der Waals surface area contributed by atoms with Crippen molar-refractivity contribution in [3.63, 3.8) is 0 Å². The number of hydrogen-bond donors (Lipinski definition) is 1. The molecule has 0 aliphatic rings. The van der Waals surface area contributed by atoms with Crippen LogP contribution in [0.1, 0.15) is 50.2 Å². The van der Waals surface area contributed by atoms with Crippen molar-refractivity contribution >= 4 is 0 Å². The molecule has 0 heterocycles. The third kappa shape index (κ3) is 2.76. The zero-order chi connectivity index (χ0) is 12.1. The number of rotatable bonds is 5. The number of aliphatic hydroxyl groups excluding tert-OH is 1. The highest BCUT2D eigenvalue weighted by atomic mass is 16.5. The molecule has 0 aliphatic carbocycles. The third-order valence-electron chi connectivity index (χ3n) is 3.06. The number of ether oxygens (including phenoxy) is 1. The van der Waals surface area contributed by atoms with Crippen molar-refractivity contribution in [3.8, 4) is 5.75 Å². The van der Waals surface area contributed by atoms with Crippen LogP contribution in [0.2, 0.25) is 0 Å². The van der Waals surface area contributed by atoms with Gasteiger partial charge in [0.25, 0.3) is 0 Å². The Bertz CT molecular complexity index is 328. The topological polar surface area (TPSA) is 29.5 Å². The van der Waals surface area contributed by atoms with Crippen LogP contribution in [0.3, 0.4) is 0 Å². The lowest BCUT2D eigenvalue weighted by atomic mass is 9.92. The van der Waals surface area contributed by atoms with E-state index in [2.05, 4.69) is 32.9 Å². The molecule has 0 radical (unpaired) electrons. The van der Waals surface area contributed by atoms with Crippen LogP contribution in [0.15, 0.2) is 18.2 Å². The van der Waals surface area contributed by atoms with E-state index in [9.17, 15) is 5.11 Å². The van der Waals surface area contributed by atoms with Gasteiger partial charge in [0.05, 0.1) is 7.11 Å². The molecule has 0 saturated heterocycles. The SMILES string of the molecule is CCC(CO)c1ccc(OC)c(C(C)C)c1. The number of benzene rings is 1. The van der Waals surface area contributed by atoms with Gasteiger partial charge in [-0.05, 0) is 29.5 Å². The smallest absolute Gasteiger partial charge is 0.122 e. The maximum atomic E-state index is 9.30. The van der Waals surface area contributed by atoms with Crippen molar-refractivity contribution in [2.75, 3.05) is 13.7 Å². The van der Waals surface area contributed by atoms with Crippen molar-refractivity contribution in [1.29, 1.82) is 0 Å². The fraction of sp³-hybridized carbons (Fsp3) is 0.571. The monoisotopic (exact) mass is 222 g/mol. The Morgan fingerprint density at radius 2 is 2.00 bits per heavy atom. The van der Waals surface area contributed by atoms with E-state index in [1.54, 1.807) is 7.11 Å². The molecule has 90 valence electrons. The maximum absolute atomic E-state index is 9.30. The van der Waals surface area contributed by atoms with E-state index in [1.165, 1.54) is 11.1 Å². The summed E-state index contributed by atoms with van der Waals surface area (Å²) in [6.07, 6.45) is 0.959. The summed E-state index contributed by atoms with van der Waals surface area (Å²) in [6, 6.07) is 6.21. The first-order chi connectivity index (χ1) is 7.63. The Labute approximate surface area is 98.3 Å². The van der Waals surface area contributed by atoms with Gasteiger partial charge in [0.1, 0.15) is 5.75 Å². The van der Waals surface area contributed by atoms with Crippen LogP contribution in [-0.4, -0.2) is 18.8 Å². The summed E-state index contributed by atoms with van der Waals surface area (Å²) in [5, 5.41) is 9.30. The van der Waals surface area contributed by atoms with Crippen LogP contribution >= 0.6 is 0 Å². The Balaban J connectivity index is 3.10. The summed E-state index contributed by atoms with van der Waals surface area (Å²) in [6.45, 7) is 6.61. The maximum Gasteiger partial charge on any atom is 0.122 e. The third-order valence-corrected chi connectivity index (χ3v) is 3.06. The van der Waals surface area contributed by atoms with Crippen LogP contribution in [0.5, 0.6) is 5.75 Å². The van der Waals surface area contributed by atoms with E-state index in [4.69, 9.17) is 4.74 Å². The van der Waals surface area contributed by atoms with E-state index in [0.717, 1.165) is 12.2 Å². The molecule has 1 aromatic rings. The highest BCUT2D eigenvalue weighted by Crippen LogP contribution is 2.30. The van der Waals surface area contributed by atoms with Crippen LogP contribution in [-0.2, 0) is 0 Å². The second-order valence-corrected chi connectivity index (χ2v) is 4.44. The van der Waals surface area contributed by atoms with Gasteiger partial charge in [-0.15, -0.1) is 0 Å². The summed E-state index contributed by atoms with van der Waals surface area (Å²) in [7, 11) is 1.70. The molecule has 2 nitrogen and oxygen atoms in total. The fourth-order valence-electron chi connectivity index (χ4n) is 1.93. The number of hydrogen-bond acceptors (Lipinski definition) is 2. The molecule has 0 spiro atoms. The van der Waals surface area contributed by atoms with Gasteiger partial charge >= 0.3 is 0 Å². The van der Waals surface area contributed by atoms with E-state index in [-0.39, 0.29) is 12.5 Å². The molecule has 0 aromatic heterocycles. The zero-order valence-electron chi connectivity index (χ0n) is 10.7.